The predicted molar refractivity (Wildman–Crippen MR) is 97.0 cm³/mol. The number of hydrogen-bond donors (Lipinski definition) is 2. The standard InChI is InChI=1S/C17H22N6O3/c1-4-9-23-13-14(22(2)17(25)20-15(13)24)19-16(23)21-18-10-11-5-7-12(26-3)8-6-11/h5-8,10,13-14H,4,9H2,1-3H3,(H,19,21)(H,20,24,25)/b18-10+. The Morgan fingerprint density at radius 2 is 2.08 bits per heavy atom. The van der Waals surface area contributed by atoms with Gasteiger partial charge in [-0.15, -0.1) is 0 Å². The highest BCUT2D eigenvalue weighted by atomic mass is 16.5. The first-order chi connectivity index (χ1) is 12.5. The Balaban J connectivity index is 1.75. The number of nitrogens with one attached hydrogen (secondary N) is 2. The van der Waals surface area contributed by atoms with Crippen molar-refractivity contribution in [2.45, 2.75) is 25.6 Å². The van der Waals surface area contributed by atoms with Gasteiger partial charge >= 0.3 is 6.03 Å². The largest absolute Gasteiger partial charge is 0.497 e. The zero-order valence-corrected chi connectivity index (χ0v) is 15.0. The molecule has 9 heteroatoms. The van der Waals surface area contributed by atoms with E-state index in [1.807, 2.05) is 36.1 Å². The summed E-state index contributed by atoms with van der Waals surface area (Å²) in [5.41, 5.74) is 3.79. The van der Waals surface area contributed by atoms with Crippen LogP contribution in [-0.2, 0) is 4.79 Å². The maximum absolute atomic E-state index is 12.3. The van der Waals surface area contributed by atoms with Gasteiger partial charge in [0.05, 0.1) is 13.3 Å². The molecule has 2 aliphatic heterocycles. The second-order valence-electron chi connectivity index (χ2n) is 6.05. The molecular weight excluding hydrogens is 336 g/mol. The fraction of sp³-hybridized carbons (Fsp3) is 0.412. The third-order valence-corrected chi connectivity index (χ3v) is 4.32. The van der Waals surface area contributed by atoms with Crippen LogP contribution in [0.25, 0.3) is 0 Å². The lowest BCUT2D eigenvalue weighted by Gasteiger charge is -2.35. The topological polar surface area (TPSA) is 98.6 Å². The Morgan fingerprint density at radius 3 is 2.73 bits per heavy atom. The van der Waals surface area contributed by atoms with Gasteiger partial charge in [0.15, 0.2) is 12.2 Å². The maximum Gasteiger partial charge on any atom is 0.325 e. The quantitative estimate of drug-likeness (QED) is 0.592. The first kappa shape index (κ1) is 17.7. The van der Waals surface area contributed by atoms with Crippen molar-refractivity contribution in [3.05, 3.63) is 29.8 Å². The first-order valence-corrected chi connectivity index (χ1v) is 8.40. The van der Waals surface area contributed by atoms with Gasteiger partial charge in [-0.2, -0.15) is 5.10 Å². The summed E-state index contributed by atoms with van der Waals surface area (Å²) < 4.78 is 5.12. The number of amides is 3. The van der Waals surface area contributed by atoms with Gasteiger partial charge < -0.3 is 14.5 Å². The lowest BCUT2D eigenvalue weighted by atomic mass is 10.1. The number of ether oxygens (including phenoxy) is 1. The molecule has 0 spiro atoms. The molecule has 1 saturated heterocycles. The van der Waals surface area contributed by atoms with Crippen LogP contribution in [0, 0.1) is 0 Å². The molecule has 1 aromatic rings. The minimum Gasteiger partial charge on any atom is -0.497 e. The van der Waals surface area contributed by atoms with Crippen LogP contribution < -0.4 is 15.5 Å². The number of likely N-dealkylation sites (N-methyl/N-ethyl adjacent to an activating group) is 1. The highest BCUT2D eigenvalue weighted by Crippen LogP contribution is 2.23. The molecule has 0 aromatic heterocycles. The lowest BCUT2D eigenvalue weighted by Crippen LogP contribution is -2.64. The van der Waals surface area contributed by atoms with E-state index in [9.17, 15) is 9.59 Å². The molecule has 0 radical (unpaired) electrons. The molecule has 3 amide bonds. The molecule has 0 saturated carbocycles. The van der Waals surface area contributed by atoms with Gasteiger partial charge in [-0.3, -0.25) is 10.1 Å². The van der Waals surface area contributed by atoms with E-state index >= 15 is 0 Å². The van der Waals surface area contributed by atoms with E-state index in [1.165, 1.54) is 4.90 Å². The summed E-state index contributed by atoms with van der Waals surface area (Å²) in [5.74, 6) is 0.904. The number of imide groups is 1. The molecule has 138 valence electrons. The molecule has 1 fully saturated rings. The van der Waals surface area contributed by atoms with Crippen LogP contribution >= 0.6 is 0 Å². The second-order valence-corrected chi connectivity index (χ2v) is 6.05. The number of guanidine groups is 1. The number of rotatable bonds is 5. The Kier molecular flexibility index (Phi) is 5.06. The van der Waals surface area contributed by atoms with E-state index in [2.05, 4.69) is 20.8 Å². The summed E-state index contributed by atoms with van der Waals surface area (Å²) in [6.07, 6.45) is 1.93. The number of aliphatic imine (C=N–C) groups is 1. The van der Waals surface area contributed by atoms with E-state index in [0.717, 1.165) is 17.7 Å². The van der Waals surface area contributed by atoms with Crippen molar-refractivity contribution in [1.29, 1.82) is 0 Å². The van der Waals surface area contributed by atoms with Gasteiger partial charge in [0.1, 0.15) is 5.75 Å². The van der Waals surface area contributed by atoms with Crippen LogP contribution in [0.1, 0.15) is 18.9 Å². The zero-order valence-electron chi connectivity index (χ0n) is 15.0. The molecule has 2 heterocycles. The normalized spacial score (nSPS) is 22.3. The number of methoxy groups -OCH3 is 1. The third kappa shape index (κ3) is 3.32. The SMILES string of the molecule is CCCN1C(N/N=C/c2ccc(OC)cc2)=NC2C1C(=O)NC(=O)N2C. The van der Waals surface area contributed by atoms with Crippen molar-refractivity contribution in [3.8, 4) is 5.75 Å². The van der Waals surface area contributed by atoms with Gasteiger partial charge in [-0.05, 0) is 36.2 Å². The van der Waals surface area contributed by atoms with Crippen LogP contribution in [0.15, 0.2) is 34.4 Å². The van der Waals surface area contributed by atoms with E-state index in [0.29, 0.717) is 12.5 Å². The van der Waals surface area contributed by atoms with Crippen molar-refractivity contribution >= 4 is 24.1 Å². The minimum absolute atomic E-state index is 0.341. The average molecular weight is 358 g/mol. The molecule has 0 aliphatic carbocycles. The molecule has 26 heavy (non-hydrogen) atoms. The van der Waals surface area contributed by atoms with Gasteiger partial charge in [-0.1, -0.05) is 6.92 Å². The Morgan fingerprint density at radius 1 is 1.35 bits per heavy atom. The van der Waals surface area contributed by atoms with Crippen LogP contribution in [0.2, 0.25) is 0 Å². The van der Waals surface area contributed by atoms with E-state index < -0.39 is 18.2 Å². The molecule has 2 N–H and O–H groups in total. The number of benzene rings is 1. The third-order valence-electron chi connectivity index (χ3n) is 4.32. The van der Waals surface area contributed by atoms with Crippen molar-refractivity contribution in [2.24, 2.45) is 10.1 Å². The van der Waals surface area contributed by atoms with Gasteiger partial charge in [0.2, 0.25) is 5.96 Å². The number of fused-ring (bicyclic) bond motifs is 1. The predicted octanol–water partition coefficient (Wildman–Crippen LogP) is 0.577. The average Bonchev–Trinajstić information content (AvgIpc) is 3.00. The lowest BCUT2D eigenvalue weighted by molar-refractivity contribution is -0.127. The summed E-state index contributed by atoms with van der Waals surface area (Å²) in [4.78, 5) is 31.8. The number of hydrogen-bond acceptors (Lipinski definition) is 7. The van der Waals surface area contributed by atoms with Crippen LogP contribution in [-0.4, -0.2) is 66.8 Å². The monoisotopic (exact) mass is 358 g/mol. The second kappa shape index (κ2) is 7.42. The zero-order chi connectivity index (χ0) is 18.7. The van der Waals surface area contributed by atoms with E-state index in [1.54, 1.807) is 20.4 Å². The van der Waals surface area contributed by atoms with Gasteiger partial charge in [-0.25, -0.2) is 15.2 Å². The van der Waals surface area contributed by atoms with Crippen molar-refractivity contribution in [3.63, 3.8) is 0 Å². The summed E-state index contributed by atoms with van der Waals surface area (Å²) in [6.45, 7) is 2.64. The fourth-order valence-electron chi connectivity index (χ4n) is 2.96. The van der Waals surface area contributed by atoms with E-state index in [4.69, 9.17) is 4.74 Å². The number of carbonyl (C=O) groups is 2. The highest BCUT2D eigenvalue weighted by Gasteiger charge is 2.48. The molecule has 1 aromatic carbocycles. The Hall–Kier alpha value is -3.10. The number of urea groups is 1. The van der Waals surface area contributed by atoms with Crippen molar-refractivity contribution in [2.75, 3.05) is 20.7 Å². The fourth-order valence-corrected chi connectivity index (χ4v) is 2.96. The van der Waals surface area contributed by atoms with Crippen LogP contribution in [0.5, 0.6) is 5.75 Å². The molecule has 9 nitrogen and oxygen atoms in total. The summed E-state index contributed by atoms with van der Waals surface area (Å²) >= 11 is 0. The number of hydrazone groups is 1. The number of carbonyl (C=O) groups excluding carboxylic acids is 2. The summed E-state index contributed by atoms with van der Waals surface area (Å²) in [6, 6.07) is 6.46. The first-order valence-electron chi connectivity index (χ1n) is 8.40. The molecule has 2 atom stereocenters. The van der Waals surface area contributed by atoms with Gasteiger partial charge in [0.25, 0.3) is 5.91 Å². The van der Waals surface area contributed by atoms with Crippen molar-refractivity contribution < 1.29 is 14.3 Å². The molecule has 3 rings (SSSR count). The van der Waals surface area contributed by atoms with Crippen LogP contribution in [0.4, 0.5) is 4.79 Å². The molecule has 2 unspecified atom stereocenters. The van der Waals surface area contributed by atoms with Gasteiger partial charge in [0, 0.05) is 13.6 Å². The molecular formula is C17H22N6O3. The van der Waals surface area contributed by atoms with Crippen molar-refractivity contribution in [1.82, 2.24) is 20.5 Å². The Bertz CT molecular complexity index is 745. The highest BCUT2D eigenvalue weighted by molar-refractivity contribution is 6.03. The van der Waals surface area contributed by atoms with E-state index in [-0.39, 0.29) is 5.91 Å². The minimum atomic E-state index is -0.554. The van der Waals surface area contributed by atoms with Crippen LogP contribution in [0.3, 0.4) is 0 Å². The molecule has 0 bridgehead atoms. The summed E-state index contributed by atoms with van der Waals surface area (Å²) in [7, 11) is 3.24. The maximum atomic E-state index is 12.3. The number of nitrogens with zero attached hydrogens (tertiary/aromatic N) is 4. The molecule has 2 aliphatic rings. The summed E-state index contributed by atoms with van der Waals surface area (Å²) in [5, 5.41) is 6.57. The smallest absolute Gasteiger partial charge is 0.325 e. The Labute approximate surface area is 151 Å².